The van der Waals surface area contributed by atoms with Crippen molar-refractivity contribution >= 4 is 9.84 Å². The number of hydrogen-bond acceptors (Lipinski definition) is 3. The fourth-order valence-electron chi connectivity index (χ4n) is 1.44. The minimum absolute atomic E-state index is 0.355. The summed E-state index contributed by atoms with van der Waals surface area (Å²) in [5.74, 6) is 0. The van der Waals surface area contributed by atoms with Crippen molar-refractivity contribution in [3.05, 3.63) is 29.8 Å². The molecular formula is C12H15NO2S. The van der Waals surface area contributed by atoms with E-state index in [1.54, 1.807) is 12.1 Å². The molecule has 0 aliphatic carbocycles. The average molecular weight is 237 g/mol. The second-order valence-corrected chi connectivity index (χ2v) is 5.80. The van der Waals surface area contributed by atoms with Gasteiger partial charge in [0.1, 0.15) is 0 Å². The van der Waals surface area contributed by atoms with Gasteiger partial charge in [0.2, 0.25) is 0 Å². The lowest BCUT2D eigenvalue weighted by Gasteiger charge is -2.02. The molecule has 86 valence electrons. The van der Waals surface area contributed by atoms with Gasteiger partial charge in [0.25, 0.3) is 0 Å². The fraction of sp³-hybridized carbons (Fsp3) is 0.417. The Hall–Kier alpha value is -1.34. The minimum atomic E-state index is -3.09. The van der Waals surface area contributed by atoms with Gasteiger partial charge in [0.05, 0.1) is 11.0 Å². The smallest absolute Gasteiger partial charge is 0.175 e. The molecule has 0 N–H and O–H groups in total. The van der Waals surface area contributed by atoms with Crippen LogP contribution >= 0.6 is 0 Å². The van der Waals surface area contributed by atoms with Crippen LogP contribution in [0.5, 0.6) is 0 Å². The first-order chi connectivity index (χ1) is 7.54. The number of rotatable bonds is 5. The molecule has 1 aromatic rings. The molecule has 0 radical (unpaired) electrons. The summed E-state index contributed by atoms with van der Waals surface area (Å²) < 4.78 is 22.4. The van der Waals surface area contributed by atoms with Crippen molar-refractivity contribution in [3.63, 3.8) is 0 Å². The summed E-state index contributed by atoms with van der Waals surface area (Å²) in [6, 6.07) is 9.04. The number of nitriles is 1. The Morgan fingerprint density at radius 1 is 1.19 bits per heavy atom. The van der Waals surface area contributed by atoms with Gasteiger partial charge in [-0.05, 0) is 37.0 Å². The lowest BCUT2D eigenvalue weighted by Crippen LogP contribution is -1.97. The highest BCUT2D eigenvalue weighted by Crippen LogP contribution is 2.12. The minimum Gasteiger partial charge on any atom is -0.224 e. The predicted molar refractivity (Wildman–Crippen MR) is 62.7 cm³/mol. The van der Waals surface area contributed by atoms with Gasteiger partial charge in [-0.1, -0.05) is 12.1 Å². The van der Waals surface area contributed by atoms with Gasteiger partial charge < -0.3 is 0 Å². The fourth-order valence-corrected chi connectivity index (χ4v) is 2.07. The number of hydrogen-bond donors (Lipinski definition) is 0. The number of sulfone groups is 1. The molecule has 0 fully saturated rings. The molecule has 4 heteroatoms. The summed E-state index contributed by atoms with van der Waals surface area (Å²) in [5, 5.41) is 8.37. The van der Waals surface area contributed by atoms with Crippen molar-refractivity contribution in [2.24, 2.45) is 0 Å². The van der Waals surface area contributed by atoms with Gasteiger partial charge in [0, 0.05) is 12.7 Å². The molecule has 1 rings (SSSR count). The highest BCUT2D eigenvalue weighted by molar-refractivity contribution is 7.90. The SMILES string of the molecule is CS(=O)(=O)c1ccc(CCCCC#N)cc1. The van der Waals surface area contributed by atoms with Gasteiger partial charge in [-0.15, -0.1) is 0 Å². The third-order valence-corrected chi connectivity index (χ3v) is 3.48. The Labute approximate surface area is 96.6 Å². The zero-order valence-electron chi connectivity index (χ0n) is 9.31. The van der Waals surface area contributed by atoms with E-state index in [1.165, 1.54) is 6.26 Å². The molecule has 0 unspecified atom stereocenters. The molecule has 0 saturated carbocycles. The van der Waals surface area contributed by atoms with Crippen molar-refractivity contribution < 1.29 is 8.42 Å². The van der Waals surface area contributed by atoms with E-state index in [4.69, 9.17) is 5.26 Å². The second-order valence-electron chi connectivity index (χ2n) is 3.78. The third kappa shape index (κ3) is 4.03. The van der Waals surface area contributed by atoms with Crippen LogP contribution in [-0.2, 0) is 16.3 Å². The quantitative estimate of drug-likeness (QED) is 0.738. The van der Waals surface area contributed by atoms with E-state index in [0.717, 1.165) is 24.8 Å². The molecule has 0 spiro atoms. The van der Waals surface area contributed by atoms with Crippen LogP contribution in [0.25, 0.3) is 0 Å². The maximum Gasteiger partial charge on any atom is 0.175 e. The predicted octanol–water partition coefficient (Wildman–Crippen LogP) is 2.33. The van der Waals surface area contributed by atoms with Crippen molar-refractivity contribution in [2.45, 2.75) is 30.6 Å². The van der Waals surface area contributed by atoms with Crippen molar-refractivity contribution in [3.8, 4) is 6.07 Å². The highest BCUT2D eigenvalue weighted by Gasteiger charge is 2.05. The van der Waals surface area contributed by atoms with Gasteiger partial charge >= 0.3 is 0 Å². The van der Waals surface area contributed by atoms with Crippen LogP contribution in [0.15, 0.2) is 29.2 Å². The molecule has 0 atom stereocenters. The zero-order chi connectivity index (χ0) is 12.0. The van der Waals surface area contributed by atoms with Gasteiger partial charge in [0.15, 0.2) is 9.84 Å². The normalized spacial score (nSPS) is 11.0. The highest BCUT2D eigenvalue weighted by atomic mass is 32.2. The average Bonchev–Trinajstić information content (AvgIpc) is 2.24. The zero-order valence-corrected chi connectivity index (χ0v) is 10.1. The number of benzene rings is 1. The van der Waals surface area contributed by atoms with Crippen LogP contribution in [0.2, 0.25) is 0 Å². The Morgan fingerprint density at radius 3 is 2.31 bits per heavy atom. The van der Waals surface area contributed by atoms with Gasteiger partial charge in [-0.25, -0.2) is 8.42 Å². The van der Waals surface area contributed by atoms with Crippen LogP contribution in [0.4, 0.5) is 0 Å². The first-order valence-electron chi connectivity index (χ1n) is 5.20. The lowest BCUT2D eigenvalue weighted by atomic mass is 10.1. The first-order valence-corrected chi connectivity index (χ1v) is 7.09. The molecule has 0 aliphatic heterocycles. The summed E-state index contributed by atoms with van der Waals surface area (Å²) in [7, 11) is -3.09. The molecule has 0 aliphatic rings. The molecule has 0 saturated heterocycles. The Morgan fingerprint density at radius 2 is 1.81 bits per heavy atom. The van der Waals surface area contributed by atoms with Crippen LogP contribution in [0, 0.1) is 11.3 Å². The van der Waals surface area contributed by atoms with Crippen LogP contribution in [0.1, 0.15) is 24.8 Å². The number of unbranched alkanes of at least 4 members (excludes halogenated alkanes) is 2. The van der Waals surface area contributed by atoms with Gasteiger partial charge in [-0.2, -0.15) is 5.26 Å². The molecule has 3 nitrogen and oxygen atoms in total. The second kappa shape index (κ2) is 5.66. The van der Waals surface area contributed by atoms with Crippen molar-refractivity contribution in [2.75, 3.05) is 6.26 Å². The Balaban J connectivity index is 2.56. The monoisotopic (exact) mass is 237 g/mol. The van der Waals surface area contributed by atoms with E-state index in [2.05, 4.69) is 6.07 Å². The lowest BCUT2D eigenvalue weighted by molar-refractivity contribution is 0.602. The number of aryl methyl sites for hydroxylation is 1. The van der Waals surface area contributed by atoms with E-state index in [0.29, 0.717) is 11.3 Å². The third-order valence-electron chi connectivity index (χ3n) is 2.36. The number of nitrogens with zero attached hydrogens (tertiary/aromatic N) is 1. The first kappa shape index (κ1) is 12.7. The van der Waals surface area contributed by atoms with Crippen molar-refractivity contribution in [1.29, 1.82) is 5.26 Å². The van der Waals surface area contributed by atoms with Gasteiger partial charge in [-0.3, -0.25) is 0 Å². The maximum absolute atomic E-state index is 11.2. The molecule has 0 bridgehead atoms. The van der Waals surface area contributed by atoms with Crippen LogP contribution in [0.3, 0.4) is 0 Å². The molecule has 0 amide bonds. The topological polar surface area (TPSA) is 57.9 Å². The Bertz CT molecular complexity index is 469. The molecule has 0 aromatic heterocycles. The molecular weight excluding hydrogens is 222 g/mol. The molecule has 16 heavy (non-hydrogen) atoms. The standard InChI is InChI=1S/C12H15NO2S/c1-16(14,15)12-8-6-11(7-9-12)5-3-2-4-10-13/h6-9H,2-5H2,1H3. The van der Waals surface area contributed by atoms with Crippen molar-refractivity contribution in [1.82, 2.24) is 0 Å². The summed E-state index contributed by atoms with van der Waals surface area (Å²) in [4.78, 5) is 0.355. The van der Waals surface area contributed by atoms with Crippen LogP contribution in [-0.4, -0.2) is 14.7 Å². The summed E-state index contributed by atoms with van der Waals surface area (Å²) in [6.45, 7) is 0. The van der Waals surface area contributed by atoms with E-state index in [-0.39, 0.29) is 0 Å². The Kier molecular flexibility index (Phi) is 4.51. The summed E-state index contributed by atoms with van der Waals surface area (Å²) in [5.41, 5.74) is 1.12. The maximum atomic E-state index is 11.2. The summed E-state index contributed by atoms with van der Waals surface area (Å²) in [6.07, 6.45) is 4.54. The summed E-state index contributed by atoms with van der Waals surface area (Å²) >= 11 is 0. The van der Waals surface area contributed by atoms with E-state index < -0.39 is 9.84 Å². The van der Waals surface area contributed by atoms with E-state index in [9.17, 15) is 8.42 Å². The molecule has 0 heterocycles. The largest absolute Gasteiger partial charge is 0.224 e. The van der Waals surface area contributed by atoms with Crippen LogP contribution < -0.4 is 0 Å². The van der Waals surface area contributed by atoms with E-state index >= 15 is 0 Å². The van der Waals surface area contributed by atoms with E-state index in [1.807, 2.05) is 12.1 Å². The molecule has 1 aromatic carbocycles.